The van der Waals surface area contributed by atoms with E-state index in [-0.39, 0.29) is 22.5 Å². The number of furan rings is 1. The fourth-order valence-corrected chi connectivity index (χ4v) is 5.19. The number of terminal acetylenes is 2. The Morgan fingerprint density at radius 1 is 1.09 bits per heavy atom. The maximum Gasteiger partial charge on any atom is 0.451 e. The molecule has 7 rings (SSSR count). The van der Waals surface area contributed by atoms with E-state index >= 15 is 0 Å². The summed E-state index contributed by atoms with van der Waals surface area (Å²) in [5.41, 5.74) is 2.00. The minimum absolute atomic E-state index is 0.119. The molecule has 1 N–H and O–H groups in total. The van der Waals surface area contributed by atoms with E-state index in [1.54, 1.807) is 36.5 Å². The molecule has 3 aliphatic rings. The van der Waals surface area contributed by atoms with Gasteiger partial charge in [-0.15, -0.1) is 6.42 Å². The van der Waals surface area contributed by atoms with E-state index < -0.39 is 12.0 Å². The summed E-state index contributed by atoms with van der Waals surface area (Å²) >= 11 is 0. The van der Waals surface area contributed by atoms with Crippen LogP contribution < -0.4 is 15.4 Å². The first-order valence-electron chi connectivity index (χ1n) is 13.8. The van der Waals surface area contributed by atoms with E-state index in [4.69, 9.17) is 20.3 Å². The lowest BCUT2D eigenvalue weighted by atomic mass is 9.99. The number of fused-ring (bicyclic) bond motifs is 3. The smallest absolute Gasteiger partial charge is 0.450 e. The number of H-pyrrole nitrogens is 1. The van der Waals surface area contributed by atoms with Crippen molar-refractivity contribution in [1.29, 1.82) is 0 Å². The molecule has 0 bridgehead atoms. The number of methoxy groups -OCH3 is 1. The van der Waals surface area contributed by atoms with Gasteiger partial charge in [0.25, 0.3) is 5.56 Å². The van der Waals surface area contributed by atoms with Crippen molar-refractivity contribution >= 4 is 33.6 Å². The highest BCUT2D eigenvalue weighted by atomic mass is 19.4. The van der Waals surface area contributed by atoms with Gasteiger partial charge < -0.3 is 33.4 Å². The van der Waals surface area contributed by atoms with Crippen LogP contribution in [0.4, 0.5) is 24.7 Å². The van der Waals surface area contributed by atoms with E-state index in [1.807, 2.05) is 15.9 Å². The van der Waals surface area contributed by atoms with Crippen LogP contribution in [0, 0.1) is 24.9 Å². The molecule has 3 saturated heterocycles. The lowest BCUT2D eigenvalue weighted by Gasteiger charge is -2.48. The number of benzene rings is 1. The molecule has 3 aromatic heterocycles. The van der Waals surface area contributed by atoms with Gasteiger partial charge in [0.05, 0.1) is 33.5 Å². The molecule has 3 fully saturated rings. The molecule has 1 spiro atoms. The zero-order valence-electron chi connectivity index (χ0n) is 23.9. The van der Waals surface area contributed by atoms with Crippen LogP contribution in [-0.2, 0) is 20.4 Å². The summed E-state index contributed by atoms with van der Waals surface area (Å²) in [7, 11) is 1.44. The third-order valence-electron chi connectivity index (χ3n) is 7.35. The van der Waals surface area contributed by atoms with E-state index in [2.05, 4.69) is 32.0 Å². The van der Waals surface area contributed by atoms with Gasteiger partial charge in [0.15, 0.2) is 11.4 Å². The van der Waals surface area contributed by atoms with Crippen LogP contribution in [0.15, 0.2) is 45.7 Å². The van der Waals surface area contributed by atoms with Crippen molar-refractivity contribution in [1.82, 2.24) is 15.0 Å². The van der Waals surface area contributed by atoms with Gasteiger partial charge >= 0.3 is 6.18 Å². The van der Waals surface area contributed by atoms with Crippen LogP contribution >= 0.6 is 0 Å². The number of aromatic amines is 1. The van der Waals surface area contributed by atoms with Crippen LogP contribution in [0.25, 0.3) is 22.1 Å². The van der Waals surface area contributed by atoms with Gasteiger partial charge in [0, 0.05) is 36.8 Å². The predicted molar refractivity (Wildman–Crippen MR) is 158 cm³/mol. The van der Waals surface area contributed by atoms with Crippen LogP contribution in [0.5, 0.6) is 0 Å². The minimum Gasteiger partial charge on any atom is -0.450 e. The van der Waals surface area contributed by atoms with Gasteiger partial charge in [-0.2, -0.15) is 13.2 Å². The fraction of sp³-hybridized carbons (Fsp3) is 0.387. The first kappa shape index (κ1) is 30.7. The summed E-state index contributed by atoms with van der Waals surface area (Å²) in [6.07, 6.45) is 10.7. The Morgan fingerprint density at radius 3 is 2.45 bits per heavy atom. The van der Waals surface area contributed by atoms with Gasteiger partial charge in [0.2, 0.25) is 5.82 Å². The molecule has 1 aromatic carbocycles. The van der Waals surface area contributed by atoms with Crippen molar-refractivity contribution in [3.8, 4) is 24.9 Å². The van der Waals surface area contributed by atoms with Crippen LogP contribution in [0.2, 0.25) is 0 Å². The average Bonchev–Trinajstić information content (AvgIpc) is 3.69. The lowest BCUT2D eigenvalue weighted by molar-refractivity contribution is -0.211. The number of pyridine rings is 1. The van der Waals surface area contributed by atoms with Crippen LogP contribution in [-0.4, -0.2) is 73.7 Å². The normalized spacial score (nSPS) is 17.1. The highest BCUT2D eigenvalue weighted by molar-refractivity contribution is 6.05. The molecule has 10 nitrogen and oxygen atoms in total. The standard InChI is InChI=1S/C15H12F3N3O.C13H14N2O3.C3H4O/c16-15(17,18)14-19-11-9-5-1-2-6-10(9)22-12(11)13(20-14)21-7-3-4-8-21;1-2-10-5-11(12(16)14-6-10)15-3-4-18-13(7-15)8-17-9-13;1-3-4-2/h1-2,5-6H,3-4,7-8H2;1,5-6H,3-4,7-9H2,(H,14,16);1H,2H3. The number of anilines is 2. The maximum absolute atomic E-state index is 13.1. The molecule has 0 saturated carbocycles. The van der Waals surface area contributed by atoms with E-state index in [0.717, 1.165) is 12.8 Å². The molecular weight excluding hydrogens is 579 g/mol. The Bertz CT molecular complexity index is 1760. The molecule has 3 aliphatic heterocycles. The van der Waals surface area contributed by atoms with Crippen molar-refractivity contribution < 1.29 is 31.8 Å². The molecule has 230 valence electrons. The summed E-state index contributed by atoms with van der Waals surface area (Å²) in [5, 5.41) is 0.575. The predicted octanol–water partition coefficient (Wildman–Crippen LogP) is 4.18. The number of ether oxygens (including phenoxy) is 3. The van der Waals surface area contributed by atoms with Crippen molar-refractivity contribution in [2.75, 3.05) is 62.9 Å². The second-order valence-electron chi connectivity index (χ2n) is 10.4. The Labute approximate surface area is 251 Å². The number of para-hydroxylation sites is 1. The molecule has 0 atom stereocenters. The van der Waals surface area contributed by atoms with Gasteiger partial charge in [-0.05, 0) is 31.0 Å². The first-order valence-corrected chi connectivity index (χ1v) is 13.8. The van der Waals surface area contributed by atoms with Gasteiger partial charge in [-0.25, -0.2) is 9.97 Å². The quantitative estimate of drug-likeness (QED) is 0.335. The van der Waals surface area contributed by atoms with Crippen LogP contribution in [0.3, 0.4) is 0 Å². The number of aromatic nitrogens is 3. The van der Waals surface area contributed by atoms with Gasteiger partial charge in [-0.3, -0.25) is 4.79 Å². The summed E-state index contributed by atoms with van der Waals surface area (Å²) in [6.45, 7) is 4.51. The number of hydrogen-bond acceptors (Lipinski definition) is 9. The van der Waals surface area contributed by atoms with Crippen molar-refractivity contribution in [3.05, 3.63) is 58.3 Å². The minimum atomic E-state index is -4.58. The van der Waals surface area contributed by atoms with Crippen molar-refractivity contribution in [2.45, 2.75) is 24.6 Å². The van der Waals surface area contributed by atoms with E-state index in [0.29, 0.717) is 73.8 Å². The Balaban J connectivity index is 0.000000158. The third kappa shape index (κ3) is 6.44. The van der Waals surface area contributed by atoms with Crippen LogP contribution in [0.1, 0.15) is 24.2 Å². The molecule has 6 heterocycles. The van der Waals surface area contributed by atoms with E-state index in [9.17, 15) is 18.0 Å². The second-order valence-corrected chi connectivity index (χ2v) is 10.4. The largest absolute Gasteiger partial charge is 0.451 e. The summed E-state index contributed by atoms with van der Waals surface area (Å²) in [5.74, 6) is 1.65. The van der Waals surface area contributed by atoms with Crippen molar-refractivity contribution in [2.24, 2.45) is 0 Å². The summed E-state index contributed by atoms with van der Waals surface area (Å²) < 4.78 is 60.1. The zero-order valence-corrected chi connectivity index (χ0v) is 23.9. The average molecular weight is 610 g/mol. The first-order chi connectivity index (χ1) is 21.2. The molecule has 0 radical (unpaired) electrons. The molecule has 13 heteroatoms. The highest BCUT2D eigenvalue weighted by Gasteiger charge is 2.44. The molecule has 4 aromatic rings. The number of alkyl halides is 3. The van der Waals surface area contributed by atoms with Crippen molar-refractivity contribution in [3.63, 3.8) is 0 Å². The second kappa shape index (κ2) is 12.9. The Hall–Kier alpha value is -4.72. The molecular formula is C31H30F3N5O5. The van der Waals surface area contributed by atoms with Gasteiger partial charge in [-0.1, -0.05) is 24.5 Å². The highest BCUT2D eigenvalue weighted by Crippen LogP contribution is 2.37. The third-order valence-corrected chi connectivity index (χ3v) is 7.35. The topological polar surface area (TPSA) is 106 Å². The van der Waals surface area contributed by atoms with E-state index in [1.165, 1.54) is 7.11 Å². The van der Waals surface area contributed by atoms with Gasteiger partial charge in [0.1, 0.15) is 28.5 Å². The Morgan fingerprint density at radius 2 is 1.82 bits per heavy atom. The number of morpholine rings is 1. The molecule has 44 heavy (non-hydrogen) atoms. The SMILES string of the molecule is C#COC.C#Cc1c[nH]c(=O)c(N2CCOC3(COC3)C2)c1.FC(F)(F)c1nc(N2CCCC2)c2oc3ccccc3c2n1. The lowest BCUT2D eigenvalue weighted by Crippen LogP contribution is -2.63. The zero-order chi connectivity index (χ0) is 31.3. The number of rotatable bonds is 2. The molecule has 0 aliphatic carbocycles. The summed E-state index contributed by atoms with van der Waals surface area (Å²) in [6, 6.07) is 8.71. The molecule has 0 amide bonds. The summed E-state index contributed by atoms with van der Waals surface area (Å²) in [4.78, 5) is 25.8. The fourth-order valence-electron chi connectivity index (χ4n) is 5.19. The number of nitrogens with one attached hydrogen (secondary N) is 1. The monoisotopic (exact) mass is 609 g/mol. The number of hydrogen-bond donors (Lipinski definition) is 1. The Kier molecular flexibility index (Phi) is 8.99. The molecule has 0 unspecified atom stereocenters. The number of nitrogens with zero attached hydrogens (tertiary/aromatic N) is 4. The maximum atomic E-state index is 13.1. The number of halogens is 3.